The molecule has 2 atom stereocenters. The molecule has 0 radical (unpaired) electrons. The van der Waals surface area contributed by atoms with Crippen molar-refractivity contribution < 1.29 is 18.7 Å². The van der Waals surface area contributed by atoms with Crippen molar-refractivity contribution >= 4 is 34.4 Å². The number of rotatable bonds is 6. The van der Waals surface area contributed by atoms with Crippen molar-refractivity contribution in [2.45, 2.75) is 12.2 Å². The van der Waals surface area contributed by atoms with E-state index in [-0.39, 0.29) is 29.4 Å². The highest BCUT2D eigenvalue weighted by molar-refractivity contribution is 6.38. The predicted octanol–water partition coefficient (Wildman–Crippen LogP) is 2.22. The maximum Gasteiger partial charge on any atom is 0.258 e. The third-order valence-electron chi connectivity index (χ3n) is 5.78. The molecule has 176 valence electrons. The van der Waals surface area contributed by atoms with Crippen LogP contribution >= 0.6 is 0 Å². The molecule has 0 bridgehead atoms. The Morgan fingerprint density at radius 1 is 1.12 bits per heavy atom. The van der Waals surface area contributed by atoms with Crippen LogP contribution < -0.4 is 11.4 Å². The Labute approximate surface area is 194 Å². The quantitative estimate of drug-likeness (QED) is 0.328. The molecule has 1 aromatic heterocycles. The Hall–Kier alpha value is -3.89. The first-order chi connectivity index (χ1) is 16.4. The average Bonchev–Trinajstić information content (AvgIpc) is 3.28. The Bertz CT molecular complexity index is 1310. The number of pyridine rings is 1. The fourth-order valence-corrected chi connectivity index (χ4v) is 3.91. The van der Waals surface area contributed by atoms with Crippen LogP contribution in [0.5, 0.6) is 0 Å². The second kappa shape index (κ2) is 9.94. The Morgan fingerprint density at radius 3 is 2.41 bits per heavy atom. The molecule has 1 aliphatic rings. The van der Waals surface area contributed by atoms with Crippen LogP contribution in [0.3, 0.4) is 0 Å². The van der Waals surface area contributed by atoms with Crippen LogP contribution in [-0.2, 0) is 9.47 Å². The summed E-state index contributed by atoms with van der Waals surface area (Å²) >= 11 is 0. The van der Waals surface area contributed by atoms with Gasteiger partial charge in [-0.25, -0.2) is 4.39 Å². The maximum absolute atomic E-state index is 13.6. The van der Waals surface area contributed by atoms with Crippen molar-refractivity contribution in [3.05, 3.63) is 75.8 Å². The van der Waals surface area contributed by atoms with Gasteiger partial charge in [-0.15, -0.1) is 0 Å². The average molecular weight is 465 g/mol. The van der Waals surface area contributed by atoms with Gasteiger partial charge in [-0.1, -0.05) is 0 Å². The third-order valence-corrected chi connectivity index (χ3v) is 5.78. The van der Waals surface area contributed by atoms with Crippen molar-refractivity contribution in [1.82, 2.24) is 9.88 Å². The summed E-state index contributed by atoms with van der Waals surface area (Å²) in [7, 11) is 3.20. The van der Waals surface area contributed by atoms with Crippen molar-refractivity contribution in [1.29, 1.82) is 0 Å². The number of aromatic nitrogens is 1. The topological polar surface area (TPSA) is 122 Å². The van der Waals surface area contributed by atoms with E-state index in [1.165, 1.54) is 30.5 Å². The normalized spacial score (nSPS) is 18.8. The number of H-pyrrole nitrogens is 1. The molecule has 0 spiro atoms. The Morgan fingerprint density at radius 2 is 1.79 bits per heavy atom. The first-order valence-corrected chi connectivity index (χ1v) is 10.5. The molecular weight excluding hydrogens is 441 g/mol. The number of hydrogen-bond acceptors (Lipinski definition) is 7. The van der Waals surface area contributed by atoms with Crippen LogP contribution in [0.25, 0.3) is 10.9 Å². The van der Waals surface area contributed by atoms with E-state index in [4.69, 9.17) is 15.3 Å². The van der Waals surface area contributed by atoms with E-state index in [1.807, 2.05) is 0 Å². The molecule has 4 rings (SSSR count). The molecule has 1 aliphatic heterocycles. The van der Waals surface area contributed by atoms with Crippen LogP contribution in [0, 0.1) is 5.82 Å². The predicted molar refractivity (Wildman–Crippen MR) is 127 cm³/mol. The molecule has 2 aromatic carbocycles. The molecular formula is C24H24FN5O4. The second-order valence-corrected chi connectivity index (χ2v) is 7.82. The SMILES string of the molecule is CO[C@H]1CN(C(=O)c2ccc(N=CC(=NN)c3cc4cc(F)ccc4[nH]c3=O)cc2)C[C@H]1OC. The fourth-order valence-electron chi connectivity index (χ4n) is 3.91. The fraction of sp³-hybridized carbons (Fsp3) is 0.250. The van der Waals surface area contributed by atoms with E-state index in [1.54, 1.807) is 43.4 Å². The molecule has 1 amide bonds. The van der Waals surface area contributed by atoms with Gasteiger partial charge in [-0.05, 0) is 48.5 Å². The summed E-state index contributed by atoms with van der Waals surface area (Å²) < 4.78 is 24.3. The molecule has 3 aromatic rings. The van der Waals surface area contributed by atoms with Crippen LogP contribution in [-0.4, -0.2) is 67.2 Å². The summed E-state index contributed by atoms with van der Waals surface area (Å²) in [5.74, 6) is 4.94. The van der Waals surface area contributed by atoms with Crippen LogP contribution in [0.15, 0.2) is 63.4 Å². The number of likely N-dealkylation sites (tertiary alicyclic amines) is 1. The first-order valence-electron chi connectivity index (χ1n) is 10.5. The Kier molecular flexibility index (Phi) is 6.80. The molecule has 34 heavy (non-hydrogen) atoms. The van der Waals surface area contributed by atoms with E-state index in [9.17, 15) is 14.0 Å². The number of carbonyl (C=O) groups is 1. The summed E-state index contributed by atoms with van der Waals surface area (Å²) in [5.41, 5.74) is 1.39. The number of carbonyl (C=O) groups excluding carboxylic acids is 1. The van der Waals surface area contributed by atoms with Gasteiger partial charge in [0.25, 0.3) is 11.5 Å². The summed E-state index contributed by atoms with van der Waals surface area (Å²) in [5, 5.41) is 4.16. The first kappa shape index (κ1) is 23.3. The molecule has 0 aliphatic carbocycles. The van der Waals surface area contributed by atoms with Gasteiger partial charge in [0, 0.05) is 43.8 Å². The lowest BCUT2D eigenvalue weighted by molar-refractivity contribution is -0.00461. The minimum Gasteiger partial charge on any atom is -0.377 e. The number of halogens is 1. The summed E-state index contributed by atoms with van der Waals surface area (Å²) in [6.07, 6.45) is 1.02. The highest BCUT2D eigenvalue weighted by Gasteiger charge is 2.35. The minimum atomic E-state index is -0.426. The number of ether oxygens (including phenoxy) is 2. The zero-order valence-corrected chi connectivity index (χ0v) is 18.7. The highest BCUT2D eigenvalue weighted by Crippen LogP contribution is 2.20. The zero-order chi connectivity index (χ0) is 24.2. The van der Waals surface area contributed by atoms with Gasteiger partial charge in [0.15, 0.2) is 0 Å². The van der Waals surface area contributed by atoms with E-state index in [0.29, 0.717) is 35.2 Å². The largest absolute Gasteiger partial charge is 0.377 e. The lowest BCUT2D eigenvalue weighted by Gasteiger charge is -2.15. The second-order valence-electron chi connectivity index (χ2n) is 7.82. The maximum atomic E-state index is 13.6. The smallest absolute Gasteiger partial charge is 0.258 e. The number of nitrogens with zero attached hydrogens (tertiary/aromatic N) is 3. The lowest BCUT2D eigenvalue weighted by atomic mass is 10.1. The summed E-state index contributed by atoms with van der Waals surface area (Å²) in [6, 6.07) is 12.3. The van der Waals surface area contributed by atoms with Crippen LogP contribution in [0.1, 0.15) is 15.9 Å². The van der Waals surface area contributed by atoms with Gasteiger partial charge in [0.2, 0.25) is 0 Å². The highest BCUT2D eigenvalue weighted by atomic mass is 19.1. The van der Waals surface area contributed by atoms with Crippen molar-refractivity contribution in [2.24, 2.45) is 15.9 Å². The number of benzene rings is 2. The van der Waals surface area contributed by atoms with Gasteiger partial charge >= 0.3 is 0 Å². The Balaban J connectivity index is 1.51. The molecule has 3 N–H and O–H groups in total. The number of hydrazone groups is 1. The van der Waals surface area contributed by atoms with E-state index in [0.717, 1.165) is 0 Å². The number of nitrogens with one attached hydrogen (secondary N) is 1. The number of hydrogen-bond donors (Lipinski definition) is 2. The van der Waals surface area contributed by atoms with E-state index in [2.05, 4.69) is 15.1 Å². The van der Waals surface area contributed by atoms with Crippen LogP contribution in [0.2, 0.25) is 0 Å². The lowest BCUT2D eigenvalue weighted by Crippen LogP contribution is -2.29. The molecule has 0 unspecified atom stereocenters. The van der Waals surface area contributed by atoms with Crippen molar-refractivity contribution in [3.8, 4) is 0 Å². The van der Waals surface area contributed by atoms with Crippen molar-refractivity contribution in [2.75, 3.05) is 27.3 Å². The van der Waals surface area contributed by atoms with Crippen LogP contribution in [0.4, 0.5) is 10.1 Å². The number of aromatic amines is 1. The standard InChI is InChI=1S/C24H24FN5O4/c1-33-21-12-30(13-22(21)34-2)24(32)14-3-6-17(7-4-14)27-11-20(29-26)18-10-15-9-16(25)5-8-19(15)28-23(18)31/h3-11,21-22H,12-13,26H2,1-2H3,(H,28,31)/t21-,22+. The molecule has 9 nitrogen and oxygen atoms in total. The summed E-state index contributed by atoms with van der Waals surface area (Å²) in [6.45, 7) is 0.905. The molecule has 2 heterocycles. The molecule has 0 saturated carbocycles. The minimum absolute atomic E-state index is 0.126. The zero-order valence-electron chi connectivity index (χ0n) is 18.7. The van der Waals surface area contributed by atoms with Gasteiger partial charge in [0.05, 0.1) is 17.5 Å². The number of fused-ring (bicyclic) bond motifs is 1. The van der Waals surface area contributed by atoms with Gasteiger partial charge in [0.1, 0.15) is 23.7 Å². The molecule has 10 heteroatoms. The van der Waals surface area contributed by atoms with Gasteiger partial charge in [-0.3, -0.25) is 14.6 Å². The summed E-state index contributed by atoms with van der Waals surface area (Å²) in [4.78, 5) is 34.0. The van der Waals surface area contributed by atoms with Gasteiger partial charge < -0.3 is 25.2 Å². The van der Waals surface area contributed by atoms with Gasteiger partial charge in [-0.2, -0.15) is 5.10 Å². The van der Waals surface area contributed by atoms with E-state index < -0.39 is 11.4 Å². The number of amides is 1. The third kappa shape index (κ3) is 4.73. The number of nitrogens with two attached hydrogens (primary N) is 1. The van der Waals surface area contributed by atoms with Crippen molar-refractivity contribution in [3.63, 3.8) is 0 Å². The number of methoxy groups -OCH3 is 2. The van der Waals surface area contributed by atoms with E-state index >= 15 is 0 Å². The monoisotopic (exact) mass is 465 g/mol. The molecule has 1 saturated heterocycles. The molecule has 1 fully saturated rings. The number of aliphatic imine (C=N–C) groups is 1.